The highest BCUT2D eigenvalue weighted by Crippen LogP contribution is 2.30. The fourth-order valence-corrected chi connectivity index (χ4v) is 4.85. The average molecular weight is 481 g/mol. The Hall–Kier alpha value is -3.36. The van der Waals surface area contributed by atoms with E-state index in [4.69, 9.17) is 21.0 Å². The Kier molecular flexibility index (Phi) is 6.02. The molecule has 0 spiro atoms. The average Bonchev–Trinajstić information content (AvgIpc) is 3.61. The molecule has 1 aromatic carbocycles. The van der Waals surface area contributed by atoms with Gasteiger partial charge in [-0.05, 0) is 36.4 Å². The summed E-state index contributed by atoms with van der Waals surface area (Å²) in [5, 5.41) is 3.55. The Morgan fingerprint density at radius 2 is 1.76 bits per heavy atom. The van der Waals surface area contributed by atoms with Crippen molar-refractivity contribution in [1.82, 2.24) is 19.4 Å². The normalized spacial score (nSPS) is 14.0. The molecule has 0 saturated carbocycles. The number of benzene rings is 1. The number of aromatic nitrogens is 2. The number of rotatable bonds is 5. The molecule has 3 aromatic heterocycles. The van der Waals surface area contributed by atoms with E-state index < -0.39 is 0 Å². The maximum Gasteiger partial charge on any atom is 0.289 e. The second-order valence-electron chi connectivity index (χ2n) is 7.72. The summed E-state index contributed by atoms with van der Waals surface area (Å²) in [5.41, 5.74) is 2.78. The monoisotopic (exact) mass is 480 g/mol. The minimum Gasteiger partial charge on any atom is -0.459 e. The van der Waals surface area contributed by atoms with E-state index in [0.29, 0.717) is 37.0 Å². The van der Waals surface area contributed by atoms with E-state index in [2.05, 4.69) is 0 Å². The molecule has 1 aliphatic rings. The zero-order valence-electron chi connectivity index (χ0n) is 17.7. The molecule has 0 bridgehead atoms. The smallest absolute Gasteiger partial charge is 0.289 e. The van der Waals surface area contributed by atoms with Crippen LogP contribution in [-0.2, 0) is 11.3 Å². The van der Waals surface area contributed by atoms with Gasteiger partial charge in [-0.25, -0.2) is 4.98 Å². The number of amides is 2. The Morgan fingerprint density at radius 1 is 1.00 bits per heavy atom. The van der Waals surface area contributed by atoms with Crippen molar-refractivity contribution in [2.24, 2.45) is 0 Å². The molecular formula is C24H21ClN4O3S. The van der Waals surface area contributed by atoms with Crippen LogP contribution in [0.2, 0.25) is 5.02 Å². The first kappa shape index (κ1) is 21.5. The fourth-order valence-electron chi connectivity index (χ4n) is 3.85. The molecule has 5 rings (SSSR count). The van der Waals surface area contributed by atoms with Crippen molar-refractivity contribution in [1.29, 1.82) is 0 Å². The highest BCUT2D eigenvalue weighted by Gasteiger charge is 2.26. The van der Waals surface area contributed by atoms with Crippen molar-refractivity contribution >= 4 is 34.8 Å². The van der Waals surface area contributed by atoms with Crippen molar-refractivity contribution in [3.63, 3.8) is 0 Å². The lowest BCUT2D eigenvalue weighted by atomic mass is 10.2. The van der Waals surface area contributed by atoms with Crippen LogP contribution in [0, 0.1) is 0 Å². The Balaban J connectivity index is 1.23. The van der Waals surface area contributed by atoms with Gasteiger partial charge in [-0.15, -0.1) is 11.3 Å². The number of carbonyl (C=O) groups is 2. The van der Waals surface area contributed by atoms with E-state index in [-0.39, 0.29) is 18.4 Å². The van der Waals surface area contributed by atoms with Gasteiger partial charge < -0.3 is 18.8 Å². The Morgan fingerprint density at radius 3 is 2.48 bits per heavy atom. The maximum atomic E-state index is 13.0. The third-order valence-electron chi connectivity index (χ3n) is 5.65. The zero-order valence-corrected chi connectivity index (χ0v) is 19.3. The number of nitrogens with zero attached hydrogens (tertiary/aromatic N) is 4. The molecule has 0 aliphatic carbocycles. The lowest BCUT2D eigenvalue weighted by Crippen LogP contribution is -2.51. The molecule has 2 amide bonds. The van der Waals surface area contributed by atoms with E-state index in [1.165, 1.54) is 6.26 Å². The number of furan rings is 1. The van der Waals surface area contributed by atoms with Crippen molar-refractivity contribution in [3.8, 4) is 22.0 Å². The predicted octanol–water partition coefficient (Wildman–Crippen LogP) is 4.51. The minimum absolute atomic E-state index is 0.0204. The van der Waals surface area contributed by atoms with Crippen molar-refractivity contribution in [2.45, 2.75) is 6.54 Å². The van der Waals surface area contributed by atoms with Gasteiger partial charge in [-0.2, -0.15) is 0 Å². The molecule has 0 unspecified atom stereocenters. The maximum absolute atomic E-state index is 13.0. The SMILES string of the molecule is O=C(Cn1cccc1-c1nc(-c2ccc(Cl)cc2)cs1)N1CCN(C(=O)c2ccco2)CC1. The van der Waals surface area contributed by atoms with Gasteiger partial charge in [-0.3, -0.25) is 9.59 Å². The highest BCUT2D eigenvalue weighted by atomic mass is 35.5. The van der Waals surface area contributed by atoms with Crippen molar-refractivity contribution < 1.29 is 14.0 Å². The Labute approximate surface area is 199 Å². The van der Waals surface area contributed by atoms with E-state index in [9.17, 15) is 9.59 Å². The second-order valence-corrected chi connectivity index (χ2v) is 9.01. The van der Waals surface area contributed by atoms with Gasteiger partial charge >= 0.3 is 0 Å². The molecule has 33 heavy (non-hydrogen) atoms. The van der Waals surface area contributed by atoms with E-state index in [0.717, 1.165) is 22.0 Å². The van der Waals surface area contributed by atoms with Crippen LogP contribution in [-0.4, -0.2) is 57.3 Å². The van der Waals surface area contributed by atoms with Crippen LogP contribution < -0.4 is 0 Å². The third-order valence-corrected chi connectivity index (χ3v) is 6.77. The molecular weight excluding hydrogens is 460 g/mol. The van der Waals surface area contributed by atoms with Gasteiger partial charge in [0.15, 0.2) is 5.76 Å². The van der Waals surface area contributed by atoms with Gasteiger partial charge in [0.2, 0.25) is 5.91 Å². The molecule has 0 atom stereocenters. The lowest BCUT2D eigenvalue weighted by Gasteiger charge is -2.34. The van der Waals surface area contributed by atoms with Crippen LogP contribution in [0.15, 0.2) is 70.8 Å². The molecule has 1 fully saturated rings. The largest absolute Gasteiger partial charge is 0.459 e. The quantitative estimate of drug-likeness (QED) is 0.421. The van der Waals surface area contributed by atoms with Gasteiger partial charge in [0.05, 0.1) is 17.7 Å². The number of halogens is 1. The molecule has 4 aromatic rings. The van der Waals surface area contributed by atoms with Crippen LogP contribution >= 0.6 is 22.9 Å². The topological polar surface area (TPSA) is 71.6 Å². The van der Waals surface area contributed by atoms with E-state index >= 15 is 0 Å². The van der Waals surface area contributed by atoms with Crippen molar-refractivity contribution in [3.05, 3.63) is 77.2 Å². The second kappa shape index (κ2) is 9.25. The van der Waals surface area contributed by atoms with Crippen LogP contribution in [0.3, 0.4) is 0 Å². The molecule has 1 aliphatic heterocycles. The summed E-state index contributed by atoms with van der Waals surface area (Å²) >= 11 is 7.53. The first-order chi connectivity index (χ1) is 16.1. The third kappa shape index (κ3) is 4.58. The molecule has 0 N–H and O–H groups in total. The number of carbonyl (C=O) groups excluding carboxylic acids is 2. The summed E-state index contributed by atoms with van der Waals surface area (Å²) in [6.45, 7) is 2.20. The van der Waals surface area contributed by atoms with Crippen LogP contribution in [0.4, 0.5) is 0 Å². The molecule has 168 valence electrons. The standard InChI is InChI=1S/C24H21ClN4O3S/c25-18-7-5-17(6-8-18)19-16-33-23(26-19)20-3-1-9-29(20)15-22(30)27-10-12-28(13-11-27)24(31)21-4-2-14-32-21/h1-9,14,16H,10-13,15H2. The molecule has 9 heteroatoms. The van der Waals surface area contributed by atoms with Crippen LogP contribution in [0.5, 0.6) is 0 Å². The molecule has 7 nitrogen and oxygen atoms in total. The van der Waals surface area contributed by atoms with Crippen LogP contribution in [0.25, 0.3) is 22.0 Å². The van der Waals surface area contributed by atoms with Crippen LogP contribution in [0.1, 0.15) is 10.6 Å². The number of hydrogen-bond donors (Lipinski definition) is 0. The zero-order chi connectivity index (χ0) is 22.8. The number of thiazole rings is 1. The molecule has 1 saturated heterocycles. The minimum atomic E-state index is -0.139. The Bertz CT molecular complexity index is 1260. The van der Waals surface area contributed by atoms with E-state index in [1.54, 1.807) is 33.3 Å². The lowest BCUT2D eigenvalue weighted by molar-refractivity contribution is -0.133. The summed E-state index contributed by atoms with van der Waals surface area (Å²) in [6.07, 6.45) is 3.38. The van der Waals surface area contributed by atoms with Gasteiger partial charge in [0.25, 0.3) is 5.91 Å². The first-order valence-electron chi connectivity index (χ1n) is 10.6. The summed E-state index contributed by atoms with van der Waals surface area (Å²) in [7, 11) is 0. The summed E-state index contributed by atoms with van der Waals surface area (Å²) in [5.74, 6) is 0.209. The number of hydrogen-bond acceptors (Lipinski definition) is 5. The predicted molar refractivity (Wildman–Crippen MR) is 127 cm³/mol. The first-order valence-corrected chi connectivity index (χ1v) is 11.8. The fraction of sp³-hybridized carbons (Fsp3) is 0.208. The van der Waals surface area contributed by atoms with E-state index in [1.807, 2.05) is 52.5 Å². The summed E-state index contributed by atoms with van der Waals surface area (Å²) in [4.78, 5) is 33.7. The summed E-state index contributed by atoms with van der Waals surface area (Å²) < 4.78 is 7.12. The number of piperazine rings is 1. The van der Waals surface area contributed by atoms with Gasteiger partial charge in [-0.1, -0.05) is 23.7 Å². The molecule has 4 heterocycles. The highest BCUT2D eigenvalue weighted by molar-refractivity contribution is 7.13. The van der Waals surface area contributed by atoms with Gasteiger partial charge in [0.1, 0.15) is 11.6 Å². The van der Waals surface area contributed by atoms with Gasteiger partial charge in [0, 0.05) is 48.3 Å². The van der Waals surface area contributed by atoms with Crippen molar-refractivity contribution in [2.75, 3.05) is 26.2 Å². The molecule has 0 radical (unpaired) electrons. The summed E-state index contributed by atoms with van der Waals surface area (Å²) in [6, 6.07) is 14.8.